The Morgan fingerprint density at radius 1 is 0.667 bits per heavy atom. The summed E-state index contributed by atoms with van der Waals surface area (Å²) in [7, 11) is 4.32. The van der Waals surface area contributed by atoms with Gasteiger partial charge in [0, 0.05) is 52.0 Å². The van der Waals surface area contributed by atoms with Gasteiger partial charge < -0.3 is 24.5 Å². The molecule has 2 aliphatic rings. The molecule has 0 aromatic heterocycles. The highest BCUT2D eigenvalue weighted by Crippen LogP contribution is 2.15. The number of rotatable bonds is 13. The van der Waals surface area contributed by atoms with Gasteiger partial charge in [0.1, 0.15) is 0 Å². The first-order valence-electron chi connectivity index (χ1n) is 11.1. The van der Waals surface area contributed by atoms with E-state index in [0.717, 1.165) is 13.1 Å². The molecule has 0 saturated heterocycles. The van der Waals surface area contributed by atoms with Crippen LogP contribution in [0.5, 0.6) is 0 Å². The van der Waals surface area contributed by atoms with E-state index in [4.69, 9.17) is 0 Å². The molecule has 0 aromatic carbocycles. The Labute approximate surface area is 168 Å². The Bertz CT molecular complexity index is 428. The second-order valence-electron chi connectivity index (χ2n) is 8.28. The monoisotopic (exact) mass is 377 g/mol. The Kier molecular flexibility index (Phi) is 9.32. The average molecular weight is 378 g/mol. The Hall–Kier alpha value is -1.36. The van der Waals surface area contributed by atoms with Gasteiger partial charge in [0.2, 0.25) is 0 Å². The van der Waals surface area contributed by atoms with Crippen molar-refractivity contribution in [2.75, 3.05) is 46.8 Å². The van der Waals surface area contributed by atoms with Gasteiger partial charge in [-0.2, -0.15) is 0 Å². The van der Waals surface area contributed by atoms with E-state index in [2.05, 4.69) is 84.2 Å². The van der Waals surface area contributed by atoms with Crippen LogP contribution in [0, 0.1) is 0 Å². The first-order valence-corrected chi connectivity index (χ1v) is 11.1. The smallest absolute Gasteiger partial charge is 0.0974 e. The molecule has 0 amide bonds. The molecule has 0 spiro atoms. The van der Waals surface area contributed by atoms with E-state index in [-0.39, 0.29) is 0 Å². The minimum atomic E-state index is 0.503. The van der Waals surface area contributed by atoms with Crippen LogP contribution < -0.4 is 0 Å². The summed E-state index contributed by atoms with van der Waals surface area (Å²) in [4.78, 5) is 12.2. The van der Waals surface area contributed by atoms with Gasteiger partial charge in [0.15, 0.2) is 0 Å². The highest BCUT2D eigenvalue weighted by Gasteiger charge is 2.19. The summed E-state index contributed by atoms with van der Waals surface area (Å²) in [5.41, 5.74) is 0. The van der Waals surface area contributed by atoms with E-state index < -0.39 is 0 Å². The first-order chi connectivity index (χ1) is 13.0. The highest BCUT2D eigenvalue weighted by atomic mass is 15.4. The predicted octanol–water partition coefficient (Wildman–Crippen LogP) is 3.78. The van der Waals surface area contributed by atoms with Crippen molar-refractivity contribution in [3.05, 3.63) is 24.8 Å². The molecule has 2 rings (SSSR count). The zero-order chi connectivity index (χ0) is 19.6. The molecule has 5 nitrogen and oxygen atoms in total. The average Bonchev–Trinajstić information content (AvgIpc) is 3.15. The van der Waals surface area contributed by atoms with Gasteiger partial charge in [0.05, 0.1) is 12.3 Å². The Morgan fingerprint density at radius 3 is 1.56 bits per heavy atom. The molecular formula is C22H43N5. The lowest BCUT2D eigenvalue weighted by molar-refractivity contribution is 0.169. The number of nitrogens with zero attached hydrogens (tertiary/aromatic N) is 5. The lowest BCUT2D eigenvalue weighted by atomic mass is 10.2. The second kappa shape index (κ2) is 11.5. The molecule has 0 aromatic rings. The quantitative estimate of drug-likeness (QED) is 0.453. The predicted molar refractivity (Wildman–Crippen MR) is 116 cm³/mol. The lowest BCUT2D eigenvalue weighted by Gasteiger charge is -2.30. The molecule has 0 aliphatic carbocycles. The van der Waals surface area contributed by atoms with Crippen molar-refractivity contribution in [3.8, 4) is 0 Å². The van der Waals surface area contributed by atoms with Crippen molar-refractivity contribution in [1.82, 2.24) is 24.5 Å². The van der Waals surface area contributed by atoms with Crippen LogP contribution in [-0.4, -0.2) is 83.7 Å². The van der Waals surface area contributed by atoms with Gasteiger partial charge >= 0.3 is 0 Å². The van der Waals surface area contributed by atoms with Gasteiger partial charge in [0.25, 0.3) is 0 Å². The van der Waals surface area contributed by atoms with E-state index in [1.807, 2.05) is 0 Å². The van der Waals surface area contributed by atoms with Gasteiger partial charge in [-0.3, -0.25) is 0 Å². The number of hydrogen-bond donors (Lipinski definition) is 0. The fourth-order valence-electron chi connectivity index (χ4n) is 3.92. The summed E-state index contributed by atoms with van der Waals surface area (Å²) in [5, 5.41) is 0. The molecule has 2 unspecified atom stereocenters. The molecule has 0 fully saturated rings. The summed E-state index contributed by atoms with van der Waals surface area (Å²) in [6.07, 6.45) is 17.8. The molecule has 0 saturated carbocycles. The molecule has 2 aliphatic heterocycles. The topological polar surface area (TPSA) is 16.2 Å². The summed E-state index contributed by atoms with van der Waals surface area (Å²) >= 11 is 0. The SMILES string of the molecule is CCCCCCN(CCCN1C=CN(C)C1C)CCCN1C=CN(C)C1C. The van der Waals surface area contributed by atoms with Crippen LogP contribution in [0.1, 0.15) is 59.3 Å². The van der Waals surface area contributed by atoms with Gasteiger partial charge in [-0.25, -0.2) is 0 Å². The standard InChI is InChI=1S/C22H43N5/c1-6-7-8-9-12-25(13-10-15-26-19-17-23(4)21(26)2)14-11-16-27-20-18-24(5)22(27)3/h17-22H,6-16H2,1-5H3. The normalized spacial score (nSPS) is 22.1. The minimum Gasteiger partial charge on any atom is -0.359 e. The third kappa shape index (κ3) is 6.95. The first kappa shape index (κ1) is 21.9. The largest absolute Gasteiger partial charge is 0.359 e. The van der Waals surface area contributed by atoms with E-state index in [1.165, 1.54) is 58.2 Å². The van der Waals surface area contributed by atoms with Gasteiger partial charge in [-0.05, 0) is 52.7 Å². The maximum atomic E-state index is 2.71. The van der Waals surface area contributed by atoms with E-state index in [0.29, 0.717) is 12.3 Å². The molecule has 27 heavy (non-hydrogen) atoms. The van der Waals surface area contributed by atoms with Gasteiger partial charge in [-0.1, -0.05) is 26.2 Å². The maximum absolute atomic E-state index is 2.71. The van der Waals surface area contributed by atoms with E-state index in [1.54, 1.807) is 0 Å². The third-order valence-corrected chi connectivity index (χ3v) is 6.23. The van der Waals surface area contributed by atoms with Crippen molar-refractivity contribution in [1.29, 1.82) is 0 Å². The van der Waals surface area contributed by atoms with Crippen LogP contribution in [-0.2, 0) is 0 Å². The highest BCUT2D eigenvalue weighted by molar-refractivity contribution is 4.94. The zero-order valence-corrected chi connectivity index (χ0v) is 18.5. The van der Waals surface area contributed by atoms with Crippen LogP contribution in [0.15, 0.2) is 24.8 Å². The fraction of sp³-hybridized carbons (Fsp3) is 0.818. The maximum Gasteiger partial charge on any atom is 0.0974 e. The minimum absolute atomic E-state index is 0.503. The van der Waals surface area contributed by atoms with Crippen LogP contribution in [0.25, 0.3) is 0 Å². The van der Waals surface area contributed by atoms with E-state index >= 15 is 0 Å². The molecule has 2 atom stereocenters. The molecule has 0 N–H and O–H groups in total. The van der Waals surface area contributed by atoms with Crippen LogP contribution in [0.2, 0.25) is 0 Å². The van der Waals surface area contributed by atoms with Crippen LogP contribution in [0.4, 0.5) is 0 Å². The molecule has 0 bridgehead atoms. The van der Waals surface area contributed by atoms with Crippen molar-refractivity contribution < 1.29 is 0 Å². The van der Waals surface area contributed by atoms with Crippen molar-refractivity contribution in [2.24, 2.45) is 0 Å². The molecule has 2 heterocycles. The molecule has 0 radical (unpaired) electrons. The summed E-state index contributed by atoms with van der Waals surface area (Å²) in [6.45, 7) is 12.9. The van der Waals surface area contributed by atoms with E-state index in [9.17, 15) is 0 Å². The number of unbranched alkanes of at least 4 members (excludes halogenated alkanes) is 3. The van der Waals surface area contributed by atoms with Gasteiger partial charge in [-0.15, -0.1) is 0 Å². The van der Waals surface area contributed by atoms with Crippen LogP contribution in [0.3, 0.4) is 0 Å². The summed E-state index contributed by atoms with van der Waals surface area (Å²) in [5.74, 6) is 0. The lowest BCUT2D eigenvalue weighted by Crippen LogP contribution is -2.37. The third-order valence-electron chi connectivity index (χ3n) is 6.23. The zero-order valence-electron chi connectivity index (χ0n) is 18.5. The number of hydrogen-bond acceptors (Lipinski definition) is 5. The van der Waals surface area contributed by atoms with Crippen molar-refractivity contribution in [2.45, 2.75) is 71.6 Å². The second-order valence-corrected chi connectivity index (χ2v) is 8.28. The summed E-state index contributed by atoms with van der Waals surface area (Å²) < 4.78 is 0. The molecule has 5 heteroatoms. The Balaban J connectivity index is 1.69. The fourth-order valence-corrected chi connectivity index (χ4v) is 3.92. The van der Waals surface area contributed by atoms with Crippen LogP contribution >= 0.6 is 0 Å². The molecule has 156 valence electrons. The van der Waals surface area contributed by atoms with Crippen molar-refractivity contribution in [3.63, 3.8) is 0 Å². The summed E-state index contributed by atoms with van der Waals surface area (Å²) in [6, 6.07) is 0. The molecular weight excluding hydrogens is 334 g/mol. The Morgan fingerprint density at radius 2 is 1.15 bits per heavy atom. The van der Waals surface area contributed by atoms with Crippen molar-refractivity contribution >= 4 is 0 Å².